The van der Waals surface area contributed by atoms with E-state index in [1.54, 1.807) is 12.1 Å². The smallest absolute Gasteiger partial charge is 0.266 e. The molecule has 0 aliphatic rings. The summed E-state index contributed by atoms with van der Waals surface area (Å²) in [5.41, 5.74) is 6.61. The van der Waals surface area contributed by atoms with Gasteiger partial charge in [0, 0.05) is 16.9 Å². The number of nitriles is 1. The van der Waals surface area contributed by atoms with Crippen molar-refractivity contribution >= 4 is 17.7 Å². The highest BCUT2D eigenvalue weighted by Crippen LogP contribution is 2.19. The van der Waals surface area contributed by atoms with Crippen LogP contribution in [0.4, 0.5) is 5.69 Å². The predicted octanol–water partition coefficient (Wildman–Crippen LogP) is 4.71. The Morgan fingerprint density at radius 1 is 1.10 bits per heavy atom. The zero-order valence-electron chi connectivity index (χ0n) is 17.2. The van der Waals surface area contributed by atoms with Gasteiger partial charge in [-0.2, -0.15) is 10.4 Å². The van der Waals surface area contributed by atoms with Gasteiger partial charge in [0.25, 0.3) is 5.91 Å². The van der Waals surface area contributed by atoms with Gasteiger partial charge in [-0.25, -0.2) is 0 Å². The second-order valence-corrected chi connectivity index (χ2v) is 7.22. The van der Waals surface area contributed by atoms with Crippen LogP contribution in [0.15, 0.2) is 54.1 Å². The second-order valence-electron chi connectivity index (χ2n) is 7.22. The SMILES string of the molecule is Cc1ccc(Cn2nc(C)c(/C=C(\C#N)C(=O)Nc3cccc(C)c3)c2C)cc1. The first-order chi connectivity index (χ1) is 13.9. The molecule has 2 aromatic carbocycles. The molecule has 0 spiro atoms. The zero-order chi connectivity index (χ0) is 21.0. The van der Waals surface area contributed by atoms with E-state index in [0.29, 0.717) is 12.2 Å². The number of aromatic nitrogens is 2. The molecule has 5 nitrogen and oxygen atoms in total. The lowest BCUT2D eigenvalue weighted by atomic mass is 10.1. The van der Waals surface area contributed by atoms with E-state index in [0.717, 1.165) is 28.1 Å². The summed E-state index contributed by atoms with van der Waals surface area (Å²) in [6.07, 6.45) is 1.62. The minimum Gasteiger partial charge on any atom is -0.321 e. The van der Waals surface area contributed by atoms with Crippen molar-refractivity contribution < 1.29 is 4.79 Å². The van der Waals surface area contributed by atoms with Crippen LogP contribution in [-0.2, 0) is 11.3 Å². The van der Waals surface area contributed by atoms with Crippen molar-refractivity contribution in [3.8, 4) is 6.07 Å². The molecule has 1 amide bonds. The van der Waals surface area contributed by atoms with E-state index in [2.05, 4.69) is 41.6 Å². The molecule has 0 unspecified atom stereocenters. The van der Waals surface area contributed by atoms with E-state index in [9.17, 15) is 10.1 Å². The number of nitrogens with one attached hydrogen (secondary N) is 1. The average Bonchev–Trinajstić information content (AvgIpc) is 2.94. The van der Waals surface area contributed by atoms with Gasteiger partial charge >= 0.3 is 0 Å². The quantitative estimate of drug-likeness (QED) is 0.511. The van der Waals surface area contributed by atoms with Crippen molar-refractivity contribution in [3.63, 3.8) is 0 Å². The normalized spacial score (nSPS) is 11.2. The van der Waals surface area contributed by atoms with Crippen LogP contribution in [0.25, 0.3) is 6.08 Å². The summed E-state index contributed by atoms with van der Waals surface area (Å²) < 4.78 is 1.90. The molecule has 0 saturated heterocycles. The molecule has 0 bridgehead atoms. The van der Waals surface area contributed by atoms with Crippen LogP contribution in [0.5, 0.6) is 0 Å². The first kappa shape index (κ1) is 20.1. The van der Waals surface area contributed by atoms with Crippen LogP contribution >= 0.6 is 0 Å². The van der Waals surface area contributed by atoms with Gasteiger partial charge in [-0.15, -0.1) is 0 Å². The second kappa shape index (κ2) is 8.57. The molecule has 3 aromatic rings. The lowest BCUT2D eigenvalue weighted by Gasteiger charge is -2.06. The molecule has 3 rings (SSSR count). The standard InChI is InChI=1S/C24H24N4O/c1-16-8-10-20(11-9-16)15-28-19(4)23(18(3)27-28)13-21(14-25)24(29)26-22-7-5-6-17(2)12-22/h5-13H,15H2,1-4H3,(H,26,29)/b21-13+. The predicted molar refractivity (Wildman–Crippen MR) is 115 cm³/mol. The van der Waals surface area contributed by atoms with E-state index < -0.39 is 5.91 Å². The Balaban J connectivity index is 1.85. The van der Waals surface area contributed by atoms with E-state index in [-0.39, 0.29) is 5.57 Å². The Morgan fingerprint density at radius 2 is 1.83 bits per heavy atom. The van der Waals surface area contributed by atoms with Gasteiger partial charge < -0.3 is 5.32 Å². The number of hydrogen-bond donors (Lipinski definition) is 1. The minimum atomic E-state index is -0.428. The Hall–Kier alpha value is -3.65. The van der Waals surface area contributed by atoms with Gasteiger partial charge in [-0.3, -0.25) is 9.48 Å². The number of anilines is 1. The van der Waals surface area contributed by atoms with Crippen molar-refractivity contribution in [2.24, 2.45) is 0 Å². The highest BCUT2D eigenvalue weighted by atomic mass is 16.1. The number of hydrogen-bond acceptors (Lipinski definition) is 3. The molecule has 0 aliphatic heterocycles. The number of carbonyl (C=O) groups is 1. The molecule has 0 radical (unpaired) electrons. The molecule has 29 heavy (non-hydrogen) atoms. The van der Waals surface area contributed by atoms with Gasteiger partial charge in [0.05, 0.1) is 12.2 Å². The molecule has 1 aromatic heterocycles. The molecular formula is C24H24N4O. The topological polar surface area (TPSA) is 70.7 Å². The molecule has 1 N–H and O–H groups in total. The van der Waals surface area contributed by atoms with Gasteiger partial charge in [-0.1, -0.05) is 42.0 Å². The summed E-state index contributed by atoms with van der Waals surface area (Å²) in [7, 11) is 0. The van der Waals surface area contributed by atoms with Crippen LogP contribution in [-0.4, -0.2) is 15.7 Å². The summed E-state index contributed by atoms with van der Waals surface area (Å²) in [4.78, 5) is 12.6. The fourth-order valence-electron chi connectivity index (χ4n) is 3.15. The molecule has 0 atom stereocenters. The van der Waals surface area contributed by atoms with Crippen LogP contribution in [0.1, 0.15) is 33.6 Å². The summed E-state index contributed by atoms with van der Waals surface area (Å²) in [6.45, 7) is 8.48. The van der Waals surface area contributed by atoms with Crippen LogP contribution in [0.3, 0.4) is 0 Å². The van der Waals surface area contributed by atoms with Gasteiger partial charge in [0.15, 0.2) is 0 Å². The molecule has 1 heterocycles. The van der Waals surface area contributed by atoms with Crippen molar-refractivity contribution in [3.05, 3.63) is 87.7 Å². The maximum Gasteiger partial charge on any atom is 0.266 e. The highest BCUT2D eigenvalue weighted by molar-refractivity contribution is 6.09. The summed E-state index contributed by atoms with van der Waals surface area (Å²) in [5.74, 6) is -0.428. The Kier molecular flexibility index (Phi) is 5.94. The summed E-state index contributed by atoms with van der Waals surface area (Å²) in [5, 5.41) is 16.9. The molecule has 0 saturated carbocycles. The third kappa shape index (κ3) is 4.80. The Bertz CT molecular complexity index is 1110. The molecule has 0 aliphatic carbocycles. The third-order valence-corrected chi connectivity index (χ3v) is 4.82. The average molecular weight is 384 g/mol. The van der Waals surface area contributed by atoms with Crippen LogP contribution in [0, 0.1) is 39.0 Å². The fourth-order valence-corrected chi connectivity index (χ4v) is 3.15. The number of rotatable bonds is 5. The minimum absolute atomic E-state index is 0.0487. The van der Waals surface area contributed by atoms with Crippen LogP contribution in [0.2, 0.25) is 0 Å². The molecular weight excluding hydrogens is 360 g/mol. The first-order valence-corrected chi connectivity index (χ1v) is 9.46. The first-order valence-electron chi connectivity index (χ1n) is 9.46. The summed E-state index contributed by atoms with van der Waals surface area (Å²) in [6, 6.07) is 17.8. The van der Waals surface area contributed by atoms with E-state index in [4.69, 9.17) is 0 Å². The van der Waals surface area contributed by atoms with E-state index in [1.807, 2.05) is 49.7 Å². The number of nitrogens with zero attached hydrogens (tertiary/aromatic N) is 3. The number of aryl methyl sites for hydroxylation is 3. The largest absolute Gasteiger partial charge is 0.321 e. The summed E-state index contributed by atoms with van der Waals surface area (Å²) >= 11 is 0. The van der Waals surface area contributed by atoms with E-state index >= 15 is 0 Å². The highest BCUT2D eigenvalue weighted by Gasteiger charge is 2.15. The lowest BCUT2D eigenvalue weighted by molar-refractivity contribution is -0.112. The third-order valence-electron chi connectivity index (χ3n) is 4.82. The molecule has 0 fully saturated rings. The number of carbonyl (C=O) groups excluding carboxylic acids is 1. The maximum absolute atomic E-state index is 12.6. The maximum atomic E-state index is 12.6. The van der Waals surface area contributed by atoms with Gasteiger partial charge in [0.2, 0.25) is 0 Å². The Labute approximate surface area is 171 Å². The number of benzene rings is 2. The molecule has 5 heteroatoms. The van der Waals surface area contributed by atoms with Gasteiger partial charge in [0.1, 0.15) is 11.6 Å². The molecule has 146 valence electrons. The van der Waals surface area contributed by atoms with Crippen molar-refractivity contribution in [1.29, 1.82) is 5.26 Å². The number of amides is 1. The van der Waals surface area contributed by atoms with E-state index in [1.165, 1.54) is 5.56 Å². The fraction of sp³-hybridized carbons (Fsp3) is 0.208. The van der Waals surface area contributed by atoms with Crippen molar-refractivity contribution in [2.75, 3.05) is 5.32 Å². The van der Waals surface area contributed by atoms with Crippen molar-refractivity contribution in [1.82, 2.24) is 9.78 Å². The Morgan fingerprint density at radius 3 is 2.48 bits per heavy atom. The monoisotopic (exact) mass is 384 g/mol. The lowest BCUT2D eigenvalue weighted by Crippen LogP contribution is -2.13. The zero-order valence-corrected chi connectivity index (χ0v) is 17.2. The van der Waals surface area contributed by atoms with Gasteiger partial charge in [-0.05, 0) is 57.0 Å². The van der Waals surface area contributed by atoms with Crippen LogP contribution < -0.4 is 5.32 Å². The van der Waals surface area contributed by atoms with Crippen molar-refractivity contribution in [2.45, 2.75) is 34.2 Å².